The summed E-state index contributed by atoms with van der Waals surface area (Å²) in [6.07, 6.45) is 12.2. The van der Waals surface area contributed by atoms with E-state index in [1.807, 2.05) is 0 Å². The van der Waals surface area contributed by atoms with Crippen molar-refractivity contribution >= 4 is 11.4 Å². The first kappa shape index (κ1) is 24.3. The minimum atomic E-state index is 0.0351. The van der Waals surface area contributed by atoms with Gasteiger partial charge >= 0.3 is 0 Å². The van der Waals surface area contributed by atoms with E-state index in [-0.39, 0.29) is 29.7 Å². The highest BCUT2D eigenvalue weighted by Crippen LogP contribution is 2.69. The highest BCUT2D eigenvalue weighted by atomic mass is 16.5. The van der Waals surface area contributed by atoms with Gasteiger partial charge in [0, 0.05) is 65.4 Å². The van der Waals surface area contributed by atoms with Crippen LogP contribution in [0.4, 0.5) is 11.4 Å². The zero-order chi connectivity index (χ0) is 28.5. The Hall–Kier alpha value is -2.90. The fourth-order valence-corrected chi connectivity index (χ4v) is 13.5. The first-order chi connectivity index (χ1) is 21.7. The second kappa shape index (κ2) is 7.90. The van der Waals surface area contributed by atoms with Crippen molar-refractivity contribution < 1.29 is 9.84 Å². The van der Waals surface area contributed by atoms with Crippen molar-refractivity contribution in [2.24, 2.45) is 17.8 Å². The molecule has 2 aromatic rings. The third-order valence-electron chi connectivity index (χ3n) is 14.7. The summed E-state index contributed by atoms with van der Waals surface area (Å²) in [5, 5.41) is 10.2. The molecule has 0 radical (unpaired) electrons. The molecule has 6 nitrogen and oxygen atoms in total. The van der Waals surface area contributed by atoms with Crippen molar-refractivity contribution in [3.05, 3.63) is 94.7 Å². The quantitative estimate of drug-likeness (QED) is 0.508. The van der Waals surface area contributed by atoms with Crippen LogP contribution in [-0.4, -0.2) is 84.7 Å². The average molecular weight is 585 g/mol. The maximum atomic E-state index is 10.2. The zero-order valence-electron chi connectivity index (χ0n) is 25.2. The molecular weight excluding hydrogens is 544 g/mol. The van der Waals surface area contributed by atoms with Crippen LogP contribution in [0.3, 0.4) is 0 Å². The lowest BCUT2D eigenvalue weighted by Crippen LogP contribution is -2.70. The van der Waals surface area contributed by atoms with E-state index in [0.717, 1.165) is 26.1 Å². The van der Waals surface area contributed by atoms with Gasteiger partial charge in [-0.05, 0) is 73.5 Å². The van der Waals surface area contributed by atoms with Crippen molar-refractivity contribution in [1.29, 1.82) is 0 Å². The summed E-state index contributed by atoms with van der Waals surface area (Å²) >= 11 is 0. The average Bonchev–Trinajstić information content (AvgIpc) is 3.74. The minimum Gasteiger partial charge on any atom is -0.392 e. The summed E-state index contributed by atoms with van der Waals surface area (Å²) in [6.45, 7) is 5.28. The predicted octanol–water partition coefficient (Wildman–Crippen LogP) is 4.17. The Morgan fingerprint density at radius 1 is 0.886 bits per heavy atom. The molecule has 2 aromatic carbocycles. The molecule has 8 aliphatic heterocycles. The van der Waals surface area contributed by atoms with Crippen molar-refractivity contribution in [3.8, 4) is 0 Å². The number of ether oxygens (including phenoxy) is 1. The SMILES string of the molecule is OCC=C1CN2CC[C@@]34c5ccccc5N5[C@@H]6OCC=C7CN8CC[C@]9%10c%11ccccc%11N(C=C([C@H]1C[C@H]23)[C@H]54)[C@@H]9[C@H]6[C@H]7C[C@H]8%10. The molecule has 0 unspecified atom stereocenters. The molecule has 10 atom stereocenters. The molecule has 2 aliphatic carbocycles. The number of aliphatic hydroxyl groups excluding tert-OH is 1. The Kier molecular flexibility index (Phi) is 4.37. The van der Waals surface area contributed by atoms with E-state index in [9.17, 15) is 5.11 Å². The van der Waals surface area contributed by atoms with Crippen molar-refractivity contribution in [2.45, 2.75) is 66.9 Å². The lowest BCUT2D eigenvalue weighted by atomic mass is 9.54. The minimum absolute atomic E-state index is 0.0351. The maximum absolute atomic E-state index is 10.2. The number of piperidine rings is 2. The second-order valence-corrected chi connectivity index (χ2v) is 15.6. The Balaban J connectivity index is 1.19. The Morgan fingerprint density at radius 2 is 1.64 bits per heavy atom. The lowest BCUT2D eigenvalue weighted by Gasteiger charge is -2.61. The molecule has 2 saturated carbocycles. The molecule has 44 heavy (non-hydrogen) atoms. The van der Waals surface area contributed by atoms with E-state index in [0.29, 0.717) is 42.5 Å². The highest BCUT2D eigenvalue weighted by Gasteiger charge is 2.73. The number of para-hydroxylation sites is 2. The number of hydrogen-bond donors (Lipinski definition) is 1. The van der Waals surface area contributed by atoms with Gasteiger partial charge in [-0.1, -0.05) is 59.7 Å². The summed E-state index contributed by atoms with van der Waals surface area (Å²) in [6, 6.07) is 20.8. The molecule has 8 heterocycles. The Labute approximate surface area is 259 Å². The largest absolute Gasteiger partial charge is 0.392 e. The Bertz CT molecular complexity index is 1750. The highest BCUT2D eigenvalue weighted by molar-refractivity contribution is 5.75. The van der Waals surface area contributed by atoms with Gasteiger partial charge < -0.3 is 19.6 Å². The van der Waals surface area contributed by atoms with Gasteiger partial charge in [0.15, 0.2) is 0 Å². The molecule has 1 N–H and O–H groups in total. The van der Waals surface area contributed by atoms with Crippen molar-refractivity contribution in [3.63, 3.8) is 0 Å². The number of aliphatic hydroxyl groups is 1. The van der Waals surface area contributed by atoms with Gasteiger partial charge in [-0.2, -0.15) is 0 Å². The fraction of sp³-hybridized carbons (Fsp3) is 0.526. The summed E-state index contributed by atoms with van der Waals surface area (Å²) in [7, 11) is 0. The normalized spacial score (nSPS) is 45.7. The van der Waals surface area contributed by atoms with Crippen molar-refractivity contribution in [1.82, 2.24) is 9.80 Å². The van der Waals surface area contributed by atoms with Gasteiger partial charge in [0.2, 0.25) is 0 Å². The number of hydrogen-bond acceptors (Lipinski definition) is 6. The van der Waals surface area contributed by atoms with Crippen molar-refractivity contribution in [2.75, 3.05) is 49.2 Å². The van der Waals surface area contributed by atoms with E-state index < -0.39 is 0 Å². The molecule has 6 fully saturated rings. The van der Waals surface area contributed by atoms with Crippen LogP contribution in [-0.2, 0) is 15.6 Å². The van der Waals surface area contributed by atoms with E-state index in [2.05, 4.69) is 86.5 Å². The zero-order valence-corrected chi connectivity index (χ0v) is 25.2. The third-order valence-corrected chi connectivity index (χ3v) is 14.7. The van der Waals surface area contributed by atoms with Gasteiger partial charge in [-0.25, -0.2) is 0 Å². The molecule has 10 aliphatic rings. The van der Waals surface area contributed by atoms with E-state index >= 15 is 0 Å². The third kappa shape index (κ3) is 2.45. The summed E-state index contributed by atoms with van der Waals surface area (Å²) in [5.41, 5.74) is 10.9. The fourth-order valence-electron chi connectivity index (χ4n) is 13.5. The number of rotatable bonds is 1. The number of benzene rings is 2. The van der Waals surface area contributed by atoms with Crippen LogP contribution in [0, 0.1) is 17.8 Å². The standard InChI is InChI=1S/C38H40N4O2/c43-15-9-22-19-39-13-11-37-28-6-2-4-8-30(28)42-34(37)26(24(22)17-31(37)39)21-41-29-7-3-1-5-27(29)38-12-14-40-20-23-10-16-44-36(42)33(35(38)41)25(23)18-32(38)40/h1-10,21,24-25,31-36,43H,11-20H2/t24-,25-,31-,32-,33+,34-,35+,36+,37+,38+/m0/s1. The predicted molar refractivity (Wildman–Crippen MR) is 170 cm³/mol. The number of nitrogens with zero attached hydrogens (tertiary/aromatic N) is 4. The molecule has 12 rings (SSSR count). The molecule has 224 valence electrons. The van der Waals surface area contributed by atoms with Crippen LogP contribution in [0.1, 0.15) is 36.8 Å². The van der Waals surface area contributed by atoms with E-state index in [1.54, 1.807) is 22.3 Å². The smallest absolute Gasteiger partial charge is 0.136 e. The monoisotopic (exact) mass is 584 g/mol. The van der Waals surface area contributed by atoms with Gasteiger partial charge in [0.05, 0.1) is 25.3 Å². The van der Waals surface area contributed by atoms with Crippen LogP contribution < -0.4 is 9.80 Å². The van der Waals surface area contributed by atoms with Crippen LogP contribution in [0.15, 0.2) is 83.6 Å². The van der Waals surface area contributed by atoms with Gasteiger partial charge in [0.25, 0.3) is 0 Å². The molecule has 6 heteroatoms. The first-order valence-corrected chi connectivity index (χ1v) is 17.3. The van der Waals surface area contributed by atoms with Crippen LogP contribution in [0.25, 0.3) is 0 Å². The molecule has 2 spiro atoms. The van der Waals surface area contributed by atoms with Crippen LogP contribution >= 0.6 is 0 Å². The van der Waals surface area contributed by atoms with Crippen LogP contribution in [0.2, 0.25) is 0 Å². The number of anilines is 2. The molecule has 4 saturated heterocycles. The van der Waals surface area contributed by atoms with E-state index in [4.69, 9.17) is 4.74 Å². The molecule has 4 bridgehead atoms. The maximum Gasteiger partial charge on any atom is 0.136 e. The lowest BCUT2D eigenvalue weighted by molar-refractivity contribution is -0.0474. The second-order valence-electron chi connectivity index (χ2n) is 15.6. The Morgan fingerprint density at radius 3 is 2.50 bits per heavy atom. The van der Waals surface area contributed by atoms with E-state index in [1.165, 1.54) is 42.8 Å². The first-order valence-electron chi connectivity index (χ1n) is 17.3. The van der Waals surface area contributed by atoms with Gasteiger partial charge in [0.1, 0.15) is 6.23 Å². The molecule has 0 aromatic heterocycles. The topological polar surface area (TPSA) is 42.4 Å². The summed E-state index contributed by atoms with van der Waals surface area (Å²) in [4.78, 5) is 11.3. The molecule has 0 amide bonds. The van der Waals surface area contributed by atoms with Gasteiger partial charge in [-0.15, -0.1) is 0 Å². The van der Waals surface area contributed by atoms with Crippen LogP contribution in [0.5, 0.6) is 0 Å². The summed E-state index contributed by atoms with van der Waals surface area (Å²) in [5.74, 6) is 1.32. The summed E-state index contributed by atoms with van der Waals surface area (Å²) < 4.78 is 7.30. The molecular formula is C38H40N4O2. The van der Waals surface area contributed by atoms with Gasteiger partial charge in [-0.3, -0.25) is 9.80 Å². The number of fused-ring (bicyclic) bond motifs is 7.